The van der Waals surface area contributed by atoms with E-state index >= 15 is 0 Å². The van der Waals surface area contributed by atoms with Crippen molar-refractivity contribution in [3.63, 3.8) is 0 Å². The van der Waals surface area contributed by atoms with Gasteiger partial charge in [0, 0.05) is 51.2 Å². The molecule has 142 valence electrons. The lowest BCUT2D eigenvalue weighted by Crippen LogP contribution is -2.52. The molecular weight excluding hydrogens is 342 g/mol. The maximum Gasteiger partial charge on any atom is 0.242 e. The molecule has 0 radical (unpaired) electrons. The normalized spacial score (nSPS) is 14.2. The summed E-state index contributed by atoms with van der Waals surface area (Å²) in [7, 11) is 0. The van der Waals surface area contributed by atoms with Crippen molar-refractivity contribution in [3.05, 3.63) is 47.8 Å². The quantitative estimate of drug-likeness (QED) is 0.824. The highest BCUT2D eigenvalue weighted by molar-refractivity contribution is 5.98. The van der Waals surface area contributed by atoms with Crippen LogP contribution in [0.15, 0.2) is 36.7 Å². The molecule has 1 aromatic carbocycles. The Bertz CT molecular complexity index is 816. The number of benzene rings is 1. The van der Waals surface area contributed by atoms with Gasteiger partial charge >= 0.3 is 0 Å². The molecule has 7 heteroatoms. The van der Waals surface area contributed by atoms with E-state index in [1.165, 1.54) is 6.92 Å². The third-order valence-corrected chi connectivity index (χ3v) is 4.78. The second-order valence-corrected chi connectivity index (χ2v) is 6.81. The van der Waals surface area contributed by atoms with Gasteiger partial charge in [-0.15, -0.1) is 0 Å². The molecule has 1 aromatic heterocycles. The highest BCUT2D eigenvalue weighted by atomic mass is 16.2. The Labute approximate surface area is 159 Å². The van der Waals surface area contributed by atoms with Crippen LogP contribution < -0.4 is 9.80 Å². The first kappa shape index (κ1) is 18.8. The minimum Gasteiger partial charge on any atom is -0.338 e. The molecule has 0 atom stereocenters. The highest BCUT2D eigenvalue weighted by Crippen LogP contribution is 2.22. The summed E-state index contributed by atoms with van der Waals surface area (Å²) in [4.78, 5) is 38.9. The van der Waals surface area contributed by atoms with Crippen molar-refractivity contribution in [2.75, 3.05) is 42.5 Å². The fourth-order valence-corrected chi connectivity index (χ4v) is 3.32. The summed E-state index contributed by atoms with van der Waals surface area (Å²) in [5.41, 5.74) is 2.91. The zero-order valence-electron chi connectivity index (χ0n) is 16.1. The molecular formula is C20H25N5O2. The molecule has 1 saturated heterocycles. The minimum atomic E-state index is -0.133. The van der Waals surface area contributed by atoms with E-state index in [1.807, 2.05) is 32.0 Å². The van der Waals surface area contributed by atoms with Crippen molar-refractivity contribution in [2.45, 2.75) is 20.8 Å². The first-order valence-electron chi connectivity index (χ1n) is 9.11. The van der Waals surface area contributed by atoms with Crippen LogP contribution in [-0.2, 0) is 9.59 Å². The van der Waals surface area contributed by atoms with Crippen LogP contribution in [0.3, 0.4) is 0 Å². The van der Waals surface area contributed by atoms with Crippen LogP contribution in [-0.4, -0.2) is 59.4 Å². The Kier molecular flexibility index (Phi) is 5.69. The van der Waals surface area contributed by atoms with Crippen molar-refractivity contribution in [2.24, 2.45) is 0 Å². The van der Waals surface area contributed by atoms with E-state index in [2.05, 4.69) is 14.9 Å². The molecule has 27 heavy (non-hydrogen) atoms. The Hall–Kier alpha value is -2.96. The average molecular weight is 367 g/mol. The van der Waals surface area contributed by atoms with Crippen LogP contribution in [0.5, 0.6) is 0 Å². The molecule has 1 fully saturated rings. The summed E-state index contributed by atoms with van der Waals surface area (Å²) in [6, 6.07) is 7.67. The molecule has 0 spiro atoms. The van der Waals surface area contributed by atoms with Crippen LogP contribution in [0.25, 0.3) is 0 Å². The summed E-state index contributed by atoms with van der Waals surface area (Å²) in [6.07, 6.45) is 3.43. The van der Waals surface area contributed by atoms with E-state index in [0.717, 1.165) is 16.8 Å². The molecule has 0 unspecified atom stereocenters. The number of nitrogens with zero attached hydrogens (tertiary/aromatic N) is 5. The van der Waals surface area contributed by atoms with Crippen LogP contribution in [0.2, 0.25) is 0 Å². The van der Waals surface area contributed by atoms with E-state index < -0.39 is 0 Å². The second kappa shape index (κ2) is 8.16. The molecule has 3 rings (SSSR count). The average Bonchev–Trinajstić information content (AvgIpc) is 2.67. The monoisotopic (exact) mass is 367 g/mol. The number of hydrogen-bond donors (Lipinski definition) is 0. The zero-order chi connectivity index (χ0) is 19.4. The van der Waals surface area contributed by atoms with Crippen LogP contribution >= 0.6 is 0 Å². The van der Waals surface area contributed by atoms with Gasteiger partial charge in [-0.05, 0) is 31.5 Å². The molecule has 0 N–H and O–H groups in total. The van der Waals surface area contributed by atoms with Crippen LogP contribution in [0, 0.1) is 13.8 Å². The maximum absolute atomic E-state index is 12.8. The number of carbonyl (C=O) groups is 2. The Morgan fingerprint density at radius 3 is 2.33 bits per heavy atom. The number of amides is 2. The third-order valence-electron chi connectivity index (χ3n) is 4.78. The number of hydrogen-bond acceptors (Lipinski definition) is 5. The summed E-state index contributed by atoms with van der Waals surface area (Å²) in [5, 5.41) is 0. The molecule has 1 aliphatic heterocycles. The van der Waals surface area contributed by atoms with Crippen molar-refractivity contribution >= 4 is 23.5 Å². The summed E-state index contributed by atoms with van der Waals surface area (Å²) >= 11 is 0. The Morgan fingerprint density at radius 2 is 1.74 bits per heavy atom. The predicted octanol–water partition coefficient (Wildman–Crippen LogP) is 1.80. The fraction of sp³-hybridized carbons (Fsp3) is 0.400. The van der Waals surface area contributed by atoms with Gasteiger partial charge in [0.1, 0.15) is 6.54 Å². The third kappa shape index (κ3) is 4.42. The van der Waals surface area contributed by atoms with Gasteiger partial charge in [-0.2, -0.15) is 0 Å². The Morgan fingerprint density at radius 1 is 1.07 bits per heavy atom. The van der Waals surface area contributed by atoms with E-state index in [-0.39, 0.29) is 18.4 Å². The highest BCUT2D eigenvalue weighted by Gasteiger charge is 2.25. The van der Waals surface area contributed by atoms with Crippen molar-refractivity contribution in [1.82, 2.24) is 14.9 Å². The molecule has 1 aliphatic rings. The number of rotatable bonds is 4. The standard InChI is InChI=1S/C20H25N5O2/c1-15-5-6-18(16(2)13-15)25(17(3)26)14-19(27)23-9-11-24(12-10-23)20-21-7-4-8-22-20/h4-8,13H,9-12,14H2,1-3H3. The molecule has 0 saturated carbocycles. The molecule has 7 nitrogen and oxygen atoms in total. The summed E-state index contributed by atoms with van der Waals surface area (Å²) in [6.45, 7) is 8.07. The molecule has 0 bridgehead atoms. The number of carbonyl (C=O) groups excluding carboxylic acids is 2. The predicted molar refractivity (Wildman–Crippen MR) is 105 cm³/mol. The summed E-state index contributed by atoms with van der Waals surface area (Å²) in [5.74, 6) is 0.510. The van der Waals surface area contributed by atoms with Crippen LogP contribution in [0.4, 0.5) is 11.6 Å². The summed E-state index contributed by atoms with van der Waals surface area (Å²) < 4.78 is 0. The molecule has 0 aliphatic carbocycles. The van der Waals surface area contributed by atoms with Gasteiger partial charge in [-0.3, -0.25) is 9.59 Å². The largest absolute Gasteiger partial charge is 0.338 e. The maximum atomic E-state index is 12.8. The Balaban J connectivity index is 1.64. The van der Waals surface area contributed by atoms with Gasteiger partial charge in [-0.1, -0.05) is 17.7 Å². The number of anilines is 2. The lowest BCUT2D eigenvalue weighted by atomic mass is 10.1. The van der Waals surface area contributed by atoms with Crippen molar-refractivity contribution in [1.29, 1.82) is 0 Å². The number of aryl methyl sites for hydroxylation is 2. The topological polar surface area (TPSA) is 69.6 Å². The van der Waals surface area contributed by atoms with Crippen molar-refractivity contribution < 1.29 is 9.59 Å². The van der Waals surface area contributed by atoms with Gasteiger partial charge < -0.3 is 14.7 Å². The first-order chi connectivity index (χ1) is 13.0. The van der Waals surface area contributed by atoms with Crippen molar-refractivity contribution in [3.8, 4) is 0 Å². The van der Waals surface area contributed by atoms with Crippen LogP contribution in [0.1, 0.15) is 18.1 Å². The fourth-order valence-electron chi connectivity index (χ4n) is 3.32. The second-order valence-electron chi connectivity index (χ2n) is 6.81. The lowest BCUT2D eigenvalue weighted by Gasteiger charge is -2.35. The smallest absolute Gasteiger partial charge is 0.242 e. The first-order valence-corrected chi connectivity index (χ1v) is 9.11. The SMILES string of the molecule is CC(=O)N(CC(=O)N1CCN(c2ncccn2)CC1)c1ccc(C)cc1C. The van der Waals surface area contributed by atoms with Gasteiger partial charge in [0.15, 0.2) is 0 Å². The van der Waals surface area contributed by atoms with E-state index in [9.17, 15) is 9.59 Å². The molecule has 2 heterocycles. The zero-order valence-corrected chi connectivity index (χ0v) is 16.1. The number of piperazine rings is 1. The van der Waals surface area contributed by atoms with E-state index in [4.69, 9.17) is 0 Å². The van der Waals surface area contributed by atoms with E-state index in [1.54, 1.807) is 28.3 Å². The van der Waals surface area contributed by atoms with Gasteiger partial charge in [0.25, 0.3) is 0 Å². The van der Waals surface area contributed by atoms with E-state index in [0.29, 0.717) is 32.1 Å². The van der Waals surface area contributed by atoms with Gasteiger partial charge in [-0.25, -0.2) is 9.97 Å². The minimum absolute atomic E-state index is 0.0428. The van der Waals surface area contributed by atoms with Gasteiger partial charge in [0.2, 0.25) is 17.8 Å². The molecule has 2 aromatic rings. The lowest BCUT2D eigenvalue weighted by molar-refractivity contribution is -0.131. The number of aromatic nitrogens is 2. The molecule has 2 amide bonds. The van der Waals surface area contributed by atoms with Gasteiger partial charge in [0.05, 0.1) is 0 Å².